The summed E-state index contributed by atoms with van der Waals surface area (Å²) in [5.41, 5.74) is 0.850. The van der Waals surface area contributed by atoms with E-state index in [1.54, 1.807) is 12.2 Å². The molecule has 0 N–H and O–H groups in total. The first kappa shape index (κ1) is 18.3. The number of rotatable bonds is 8. The van der Waals surface area contributed by atoms with E-state index in [9.17, 15) is 4.79 Å². The molecule has 1 saturated heterocycles. The van der Waals surface area contributed by atoms with E-state index in [2.05, 4.69) is 13.2 Å². The van der Waals surface area contributed by atoms with Crippen LogP contribution in [0.2, 0.25) is 0 Å². The molecule has 0 aromatic heterocycles. The first-order valence-electron chi connectivity index (χ1n) is 7.47. The molecule has 0 atom stereocenters. The monoisotopic (exact) mass is 361 g/mol. The molecule has 4 nitrogen and oxygen atoms in total. The number of hydrogen-bond donors (Lipinski definition) is 0. The third kappa shape index (κ3) is 4.27. The van der Waals surface area contributed by atoms with Crippen molar-refractivity contribution in [1.29, 1.82) is 0 Å². The largest absolute Gasteiger partial charge is 0.490 e. The summed E-state index contributed by atoms with van der Waals surface area (Å²) in [6.07, 6.45) is 5.14. The van der Waals surface area contributed by atoms with Crippen LogP contribution in [0.25, 0.3) is 6.08 Å². The molecular formula is C18H19NO3S2. The third-order valence-electron chi connectivity index (χ3n) is 3.11. The van der Waals surface area contributed by atoms with Crippen LogP contribution < -0.4 is 9.47 Å². The van der Waals surface area contributed by atoms with E-state index in [1.807, 2.05) is 31.2 Å². The second-order valence-corrected chi connectivity index (χ2v) is 6.50. The molecule has 0 saturated carbocycles. The Balaban J connectivity index is 2.27. The van der Waals surface area contributed by atoms with Crippen LogP contribution in [0.1, 0.15) is 12.5 Å². The molecule has 6 heteroatoms. The Morgan fingerprint density at radius 1 is 1.25 bits per heavy atom. The molecule has 0 unspecified atom stereocenters. The molecule has 1 aliphatic rings. The molecule has 0 aliphatic carbocycles. The number of thioether (sulfide) groups is 1. The Kier molecular flexibility index (Phi) is 6.63. The summed E-state index contributed by atoms with van der Waals surface area (Å²) in [5.74, 6) is 1.18. The molecule has 0 bridgehead atoms. The van der Waals surface area contributed by atoms with Gasteiger partial charge < -0.3 is 9.47 Å². The van der Waals surface area contributed by atoms with Crippen LogP contribution in [0.4, 0.5) is 0 Å². The lowest BCUT2D eigenvalue weighted by Gasteiger charge is -2.12. The average Bonchev–Trinajstić information content (AvgIpc) is 2.82. The molecule has 1 aliphatic heterocycles. The first-order chi connectivity index (χ1) is 11.6. The molecule has 0 spiro atoms. The highest BCUT2D eigenvalue weighted by Gasteiger charge is 2.30. The van der Waals surface area contributed by atoms with Gasteiger partial charge in [0.25, 0.3) is 5.91 Å². The molecule has 1 amide bonds. The van der Waals surface area contributed by atoms with E-state index in [4.69, 9.17) is 21.7 Å². The third-order valence-corrected chi connectivity index (χ3v) is 4.49. The number of amides is 1. The number of carbonyl (C=O) groups is 1. The van der Waals surface area contributed by atoms with Crippen molar-refractivity contribution in [2.75, 3.05) is 19.8 Å². The van der Waals surface area contributed by atoms with E-state index >= 15 is 0 Å². The van der Waals surface area contributed by atoms with Gasteiger partial charge in [0.15, 0.2) is 11.5 Å². The minimum absolute atomic E-state index is 0.102. The Labute approximate surface area is 151 Å². The van der Waals surface area contributed by atoms with Crippen LogP contribution in [-0.2, 0) is 4.79 Å². The molecule has 0 radical (unpaired) electrons. The van der Waals surface area contributed by atoms with Crippen molar-refractivity contribution in [2.45, 2.75) is 6.92 Å². The fourth-order valence-corrected chi connectivity index (χ4v) is 3.36. The summed E-state index contributed by atoms with van der Waals surface area (Å²) in [4.78, 5) is 14.5. The Morgan fingerprint density at radius 3 is 2.71 bits per heavy atom. The molecular weight excluding hydrogens is 342 g/mol. The smallest absolute Gasteiger partial charge is 0.266 e. The van der Waals surface area contributed by atoms with E-state index in [0.717, 1.165) is 5.56 Å². The topological polar surface area (TPSA) is 38.8 Å². The maximum Gasteiger partial charge on any atom is 0.266 e. The van der Waals surface area contributed by atoms with Crippen molar-refractivity contribution in [2.24, 2.45) is 0 Å². The zero-order valence-corrected chi connectivity index (χ0v) is 15.1. The van der Waals surface area contributed by atoms with Gasteiger partial charge in [-0.2, -0.15) is 0 Å². The normalized spacial score (nSPS) is 15.7. The molecule has 1 aromatic rings. The second-order valence-electron chi connectivity index (χ2n) is 4.82. The van der Waals surface area contributed by atoms with Crippen LogP contribution in [-0.4, -0.2) is 34.9 Å². The van der Waals surface area contributed by atoms with Gasteiger partial charge in [0.05, 0.1) is 11.5 Å². The van der Waals surface area contributed by atoms with Crippen molar-refractivity contribution in [3.63, 3.8) is 0 Å². The number of ether oxygens (including phenoxy) is 2. The Hall–Kier alpha value is -2.05. The van der Waals surface area contributed by atoms with Gasteiger partial charge in [0, 0.05) is 6.54 Å². The van der Waals surface area contributed by atoms with Crippen molar-refractivity contribution in [1.82, 2.24) is 4.90 Å². The van der Waals surface area contributed by atoms with Gasteiger partial charge in [0.1, 0.15) is 10.9 Å². The van der Waals surface area contributed by atoms with Gasteiger partial charge in [0.2, 0.25) is 0 Å². The second kappa shape index (κ2) is 8.70. The summed E-state index contributed by atoms with van der Waals surface area (Å²) < 4.78 is 11.7. The van der Waals surface area contributed by atoms with Crippen LogP contribution >= 0.6 is 24.0 Å². The average molecular weight is 361 g/mol. The van der Waals surface area contributed by atoms with Gasteiger partial charge in [-0.05, 0) is 30.7 Å². The quantitative estimate of drug-likeness (QED) is 0.397. The maximum absolute atomic E-state index is 12.4. The highest BCUT2D eigenvalue weighted by atomic mass is 32.2. The number of nitrogens with zero attached hydrogens (tertiary/aromatic N) is 1. The Bertz CT molecular complexity index is 698. The molecule has 126 valence electrons. The van der Waals surface area contributed by atoms with Crippen LogP contribution in [0, 0.1) is 0 Å². The van der Waals surface area contributed by atoms with Crippen LogP contribution in [0.5, 0.6) is 11.5 Å². The fraction of sp³-hybridized carbons (Fsp3) is 0.222. The summed E-state index contributed by atoms with van der Waals surface area (Å²) in [7, 11) is 0. The SMILES string of the molecule is C=CCOc1ccc(C=C2SC(=S)N(CC=C)C2=O)cc1OCC. The summed E-state index contributed by atoms with van der Waals surface area (Å²) in [6, 6.07) is 5.55. The fourth-order valence-electron chi connectivity index (χ4n) is 2.09. The van der Waals surface area contributed by atoms with Crippen molar-refractivity contribution in [3.05, 3.63) is 54.0 Å². The van der Waals surface area contributed by atoms with E-state index < -0.39 is 0 Å². The van der Waals surface area contributed by atoms with Crippen molar-refractivity contribution in [3.8, 4) is 11.5 Å². The lowest BCUT2D eigenvalue weighted by Crippen LogP contribution is -2.27. The summed E-state index contributed by atoms with van der Waals surface area (Å²) >= 11 is 6.53. The lowest BCUT2D eigenvalue weighted by molar-refractivity contribution is -0.121. The first-order valence-corrected chi connectivity index (χ1v) is 8.70. The zero-order valence-electron chi connectivity index (χ0n) is 13.5. The van der Waals surface area contributed by atoms with E-state index in [-0.39, 0.29) is 5.91 Å². The number of hydrogen-bond acceptors (Lipinski definition) is 5. The number of benzene rings is 1. The van der Waals surface area contributed by atoms with E-state index in [1.165, 1.54) is 16.7 Å². The van der Waals surface area contributed by atoms with Gasteiger partial charge in [-0.25, -0.2) is 0 Å². The lowest BCUT2D eigenvalue weighted by atomic mass is 10.2. The predicted molar refractivity (Wildman–Crippen MR) is 103 cm³/mol. The van der Waals surface area contributed by atoms with E-state index in [0.29, 0.717) is 40.5 Å². The maximum atomic E-state index is 12.4. The minimum atomic E-state index is -0.102. The minimum Gasteiger partial charge on any atom is -0.490 e. The Morgan fingerprint density at radius 2 is 2.04 bits per heavy atom. The highest BCUT2D eigenvalue weighted by molar-refractivity contribution is 8.26. The molecule has 1 aromatic carbocycles. The van der Waals surface area contributed by atoms with Gasteiger partial charge in [-0.1, -0.05) is 48.8 Å². The standard InChI is InChI=1S/C18H19NO3S2/c1-4-9-19-17(20)16(24-18(19)23)12-13-7-8-14(22-10-5-2)15(11-13)21-6-3/h4-5,7-8,11-12H,1-2,6,9-10H2,3H3. The van der Waals surface area contributed by atoms with Crippen molar-refractivity contribution < 1.29 is 14.3 Å². The number of thiocarbonyl (C=S) groups is 1. The van der Waals surface area contributed by atoms with Gasteiger partial charge in [-0.3, -0.25) is 9.69 Å². The number of carbonyl (C=O) groups excluding carboxylic acids is 1. The predicted octanol–water partition coefficient (Wildman–Crippen LogP) is 4.04. The molecule has 1 heterocycles. The molecule has 2 rings (SSSR count). The van der Waals surface area contributed by atoms with Crippen LogP contribution in [0.15, 0.2) is 48.4 Å². The summed E-state index contributed by atoms with van der Waals surface area (Å²) in [6.45, 7) is 10.5. The summed E-state index contributed by atoms with van der Waals surface area (Å²) in [5, 5.41) is 0. The highest BCUT2D eigenvalue weighted by Crippen LogP contribution is 2.34. The van der Waals surface area contributed by atoms with Gasteiger partial charge >= 0.3 is 0 Å². The van der Waals surface area contributed by atoms with Gasteiger partial charge in [-0.15, -0.1) is 6.58 Å². The molecule has 1 fully saturated rings. The van der Waals surface area contributed by atoms with Crippen LogP contribution in [0.3, 0.4) is 0 Å². The van der Waals surface area contributed by atoms with Crippen molar-refractivity contribution >= 4 is 40.3 Å². The molecule has 24 heavy (non-hydrogen) atoms. The zero-order chi connectivity index (χ0) is 17.5.